The lowest BCUT2D eigenvalue weighted by Gasteiger charge is -2.20. The first kappa shape index (κ1) is 26.9. The summed E-state index contributed by atoms with van der Waals surface area (Å²) >= 11 is 0. The molecule has 5 rings (SSSR count). The summed E-state index contributed by atoms with van der Waals surface area (Å²) in [5.41, 5.74) is 5.49. The first-order valence-electron chi connectivity index (χ1n) is 14.0. The zero-order chi connectivity index (χ0) is 27.4. The molecule has 0 aliphatic carbocycles. The van der Waals surface area contributed by atoms with E-state index in [4.69, 9.17) is 4.98 Å². The largest absolute Gasteiger partial charge is 0.480 e. The minimum Gasteiger partial charge on any atom is -0.480 e. The minimum atomic E-state index is -1.01. The average molecular weight is 531 g/mol. The first-order valence-corrected chi connectivity index (χ1v) is 14.0. The lowest BCUT2D eigenvalue weighted by Crippen LogP contribution is -2.43. The highest BCUT2D eigenvalue weighted by Gasteiger charge is 2.26. The number of aromatic nitrogens is 3. The number of hydrogen-bond acceptors (Lipinski definition) is 6. The maximum Gasteiger partial charge on any atom is 0.326 e. The molecule has 9 heteroatoms. The number of carboxylic acids is 1. The number of hydrogen-bond donors (Lipinski definition) is 3. The number of carboxylic acid groups (broad SMARTS) is 1. The number of nitrogens with one attached hydrogen (secondary N) is 2. The van der Waals surface area contributed by atoms with E-state index in [0.29, 0.717) is 24.4 Å². The number of carbonyl (C=O) groups is 2. The number of amides is 1. The quantitative estimate of drug-likeness (QED) is 0.366. The van der Waals surface area contributed by atoms with E-state index in [1.54, 1.807) is 22.9 Å². The molecule has 0 bridgehead atoms. The van der Waals surface area contributed by atoms with E-state index in [1.807, 2.05) is 26.0 Å². The monoisotopic (exact) mass is 530 g/mol. The third-order valence-electron chi connectivity index (χ3n) is 7.83. The highest BCUT2D eigenvalue weighted by molar-refractivity contribution is 5.97. The molecule has 0 spiro atoms. The lowest BCUT2D eigenvalue weighted by atomic mass is 10.00. The summed E-state index contributed by atoms with van der Waals surface area (Å²) in [4.78, 5) is 32.1. The van der Waals surface area contributed by atoms with Crippen molar-refractivity contribution in [2.45, 2.75) is 58.4 Å². The Labute approximate surface area is 229 Å². The number of likely N-dealkylation sites (tertiary alicyclic amines) is 1. The number of benzene rings is 1. The third kappa shape index (κ3) is 6.65. The number of aliphatic carboxylic acids is 1. The van der Waals surface area contributed by atoms with Crippen molar-refractivity contribution >= 4 is 17.7 Å². The van der Waals surface area contributed by atoms with Gasteiger partial charge in [-0.1, -0.05) is 12.1 Å². The smallest absolute Gasteiger partial charge is 0.326 e. The first-order chi connectivity index (χ1) is 18.9. The molecule has 1 saturated heterocycles. The van der Waals surface area contributed by atoms with Gasteiger partial charge in [-0.2, -0.15) is 5.10 Å². The van der Waals surface area contributed by atoms with Crippen LogP contribution in [0.5, 0.6) is 0 Å². The molecule has 3 N–H and O–H groups in total. The minimum absolute atomic E-state index is 0.364. The molecule has 3 aromatic rings. The fourth-order valence-electron chi connectivity index (χ4n) is 5.69. The zero-order valence-electron chi connectivity index (χ0n) is 22.8. The van der Waals surface area contributed by atoms with Crippen LogP contribution in [0.4, 0.5) is 5.82 Å². The Morgan fingerprint density at radius 1 is 1.21 bits per heavy atom. The van der Waals surface area contributed by atoms with Gasteiger partial charge in [0.2, 0.25) is 0 Å². The Hall–Kier alpha value is -3.72. The van der Waals surface area contributed by atoms with E-state index in [2.05, 4.69) is 32.8 Å². The zero-order valence-corrected chi connectivity index (χ0v) is 22.8. The van der Waals surface area contributed by atoms with Crippen LogP contribution in [0.1, 0.15) is 58.7 Å². The van der Waals surface area contributed by atoms with E-state index < -0.39 is 17.9 Å². The van der Waals surface area contributed by atoms with Crippen molar-refractivity contribution in [3.05, 3.63) is 70.7 Å². The van der Waals surface area contributed by atoms with Crippen LogP contribution in [0.3, 0.4) is 0 Å². The van der Waals surface area contributed by atoms with E-state index in [1.165, 1.54) is 5.56 Å². The number of nitrogens with zero attached hydrogens (tertiary/aromatic N) is 4. The van der Waals surface area contributed by atoms with Crippen molar-refractivity contribution in [1.82, 2.24) is 25.0 Å². The number of anilines is 1. The van der Waals surface area contributed by atoms with Gasteiger partial charge in [-0.3, -0.25) is 4.79 Å². The predicted molar refractivity (Wildman–Crippen MR) is 150 cm³/mol. The third-order valence-corrected chi connectivity index (χ3v) is 7.83. The van der Waals surface area contributed by atoms with Crippen molar-refractivity contribution in [3.63, 3.8) is 0 Å². The van der Waals surface area contributed by atoms with Crippen LogP contribution in [0.25, 0.3) is 5.69 Å². The van der Waals surface area contributed by atoms with Gasteiger partial charge in [-0.25, -0.2) is 14.5 Å². The second-order valence-corrected chi connectivity index (χ2v) is 10.9. The fourth-order valence-corrected chi connectivity index (χ4v) is 5.69. The Balaban J connectivity index is 1.11. The predicted octanol–water partition coefficient (Wildman–Crippen LogP) is 3.77. The number of rotatable bonds is 10. The van der Waals surface area contributed by atoms with Crippen LogP contribution in [0.2, 0.25) is 0 Å². The van der Waals surface area contributed by atoms with Crippen molar-refractivity contribution in [2.24, 2.45) is 5.92 Å². The van der Waals surface area contributed by atoms with E-state index in [-0.39, 0.29) is 0 Å². The van der Waals surface area contributed by atoms with Gasteiger partial charge >= 0.3 is 5.97 Å². The molecular formula is C30H38N6O3. The number of carbonyl (C=O) groups excluding carboxylic acids is 1. The summed E-state index contributed by atoms with van der Waals surface area (Å²) in [6.45, 7) is 7.42. The summed E-state index contributed by atoms with van der Waals surface area (Å²) in [5, 5.41) is 20.4. The van der Waals surface area contributed by atoms with Crippen LogP contribution in [-0.2, 0) is 17.6 Å². The van der Waals surface area contributed by atoms with Gasteiger partial charge in [0.25, 0.3) is 5.91 Å². The fraction of sp³-hybridized carbons (Fsp3) is 0.467. The molecule has 9 nitrogen and oxygen atoms in total. The molecule has 1 aromatic carbocycles. The Bertz CT molecular complexity index is 1340. The van der Waals surface area contributed by atoms with Gasteiger partial charge in [0, 0.05) is 36.6 Å². The summed E-state index contributed by atoms with van der Waals surface area (Å²) in [7, 11) is 0. The molecule has 2 aliphatic heterocycles. The second-order valence-electron chi connectivity index (χ2n) is 10.9. The molecule has 2 aliphatic rings. The maximum atomic E-state index is 13.0. The molecule has 0 radical (unpaired) electrons. The topological polar surface area (TPSA) is 112 Å². The summed E-state index contributed by atoms with van der Waals surface area (Å²) in [5.74, 6) is 0.218. The van der Waals surface area contributed by atoms with Crippen LogP contribution >= 0.6 is 0 Å². The van der Waals surface area contributed by atoms with Crippen LogP contribution in [-0.4, -0.2) is 68.9 Å². The normalized spacial score (nSPS) is 17.8. The molecule has 1 amide bonds. The standard InChI is InChI=1S/C30H38N6O3/c1-20-17-21(2)36(34-20)26-7-3-5-24(18-26)29(37)33-27(30(38)39)13-16-35-15-12-22(19-35)8-10-25-11-9-23-6-4-14-31-28(23)32-25/h3,5,7,9,11,17-18,22,27H,4,6,8,10,12-16,19H2,1-2H3,(H,31,32)(H,33,37)(H,38,39)/t22-,27-/m1/s1. The summed E-state index contributed by atoms with van der Waals surface area (Å²) in [6.07, 6.45) is 5.76. The average Bonchev–Trinajstić information content (AvgIpc) is 3.54. The van der Waals surface area contributed by atoms with Gasteiger partial charge in [0.05, 0.1) is 11.4 Å². The van der Waals surface area contributed by atoms with Crippen molar-refractivity contribution in [3.8, 4) is 5.69 Å². The van der Waals surface area contributed by atoms with Crippen LogP contribution in [0, 0.1) is 19.8 Å². The highest BCUT2D eigenvalue weighted by atomic mass is 16.4. The molecule has 2 atom stereocenters. The van der Waals surface area contributed by atoms with Gasteiger partial charge in [-0.05, 0) is 101 Å². The molecule has 1 fully saturated rings. The van der Waals surface area contributed by atoms with Crippen LogP contribution < -0.4 is 10.6 Å². The van der Waals surface area contributed by atoms with Gasteiger partial charge in [0.15, 0.2) is 0 Å². The SMILES string of the molecule is Cc1cc(C)n(-c2cccc(C(=O)N[C@H](CCN3CC[C@@H](CCc4ccc5c(n4)NCCC5)C3)C(=O)O)c2)n1. The number of aryl methyl sites for hydroxylation is 4. The Morgan fingerprint density at radius 2 is 2.08 bits per heavy atom. The summed E-state index contributed by atoms with van der Waals surface area (Å²) in [6, 6.07) is 12.5. The maximum absolute atomic E-state index is 13.0. The molecule has 39 heavy (non-hydrogen) atoms. The number of fused-ring (bicyclic) bond motifs is 1. The van der Waals surface area contributed by atoms with Gasteiger partial charge in [-0.15, -0.1) is 0 Å². The molecule has 206 valence electrons. The van der Waals surface area contributed by atoms with Crippen molar-refractivity contribution in [1.29, 1.82) is 0 Å². The highest BCUT2D eigenvalue weighted by Crippen LogP contribution is 2.24. The van der Waals surface area contributed by atoms with Crippen molar-refractivity contribution in [2.75, 3.05) is 31.5 Å². The van der Waals surface area contributed by atoms with E-state index in [9.17, 15) is 14.7 Å². The van der Waals surface area contributed by atoms with Gasteiger partial charge < -0.3 is 20.6 Å². The van der Waals surface area contributed by atoms with Crippen LogP contribution in [0.15, 0.2) is 42.5 Å². The van der Waals surface area contributed by atoms with Gasteiger partial charge in [0.1, 0.15) is 11.9 Å². The summed E-state index contributed by atoms with van der Waals surface area (Å²) < 4.78 is 1.78. The molecule has 4 heterocycles. The number of pyridine rings is 1. The van der Waals surface area contributed by atoms with E-state index >= 15 is 0 Å². The van der Waals surface area contributed by atoms with E-state index in [0.717, 1.165) is 80.3 Å². The second kappa shape index (κ2) is 12.0. The lowest BCUT2D eigenvalue weighted by molar-refractivity contribution is -0.139. The molecule has 0 saturated carbocycles. The molecular weight excluding hydrogens is 492 g/mol. The Kier molecular flexibility index (Phi) is 8.26. The van der Waals surface area contributed by atoms with Crippen molar-refractivity contribution < 1.29 is 14.7 Å². The molecule has 2 aromatic heterocycles. The Morgan fingerprint density at radius 3 is 2.87 bits per heavy atom. The molecule has 0 unspecified atom stereocenters.